The van der Waals surface area contributed by atoms with Crippen LogP contribution in [-0.4, -0.2) is 86.4 Å². The fourth-order valence-corrected chi connectivity index (χ4v) is 8.31. The molecule has 3 N–H and O–H groups in total. The van der Waals surface area contributed by atoms with Gasteiger partial charge in [0.25, 0.3) is 0 Å². The maximum absolute atomic E-state index is 13.2. The fraction of sp³-hybridized carbons (Fsp3) is 0.474. The molecule has 2 fully saturated rings. The molecule has 0 aromatic carbocycles. The first-order valence-corrected chi connectivity index (χ1v) is 17.8. The molecule has 5 heterocycles. The normalized spacial score (nSPS) is 30.4. The van der Waals surface area contributed by atoms with Gasteiger partial charge in [0, 0.05) is 35.9 Å². The highest BCUT2D eigenvalue weighted by Crippen LogP contribution is 2.46. The number of carbonyl (C=O) groups excluding carboxylic acids is 1. The molecular formula is C38H42F2N6O6. The van der Waals surface area contributed by atoms with Crippen molar-refractivity contribution in [1.82, 2.24) is 25.1 Å². The van der Waals surface area contributed by atoms with Crippen LogP contribution < -0.4 is 5.32 Å². The van der Waals surface area contributed by atoms with E-state index in [-0.39, 0.29) is 55.1 Å². The fourth-order valence-electron chi connectivity index (χ4n) is 8.31. The van der Waals surface area contributed by atoms with Crippen molar-refractivity contribution in [2.24, 2.45) is 22.7 Å². The molecule has 12 nitrogen and oxygen atoms in total. The number of rotatable bonds is 6. The molecule has 14 heteroatoms. The van der Waals surface area contributed by atoms with E-state index in [9.17, 15) is 23.5 Å². The molecule has 8 rings (SSSR count). The third-order valence-corrected chi connectivity index (χ3v) is 10.7. The van der Waals surface area contributed by atoms with Crippen LogP contribution >= 0.6 is 0 Å². The number of H-pyrrole nitrogens is 1. The predicted octanol–water partition coefficient (Wildman–Crippen LogP) is 6.60. The van der Waals surface area contributed by atoms with Crippen LogP contribution in [0.25, 0.3) is 5.57 Å². The maximum atomic E-state index is 13.2. The van der Waals surface area contributed by atoms with Crippen LogP contribution in [0.1, 0.15) is 64.5 Å². The lowest BCUT2D eigenvalue weighted by Crippen LogP contribution is -2.50. The lowest BCUT2D eigenvalue weighted by atomic mass is 9.75. The largest absolute Gasteiger partial charge is 0.465 e. The zero-order chi connectivity index (χ0) is 36.5. The third kappa shape index (κ3) is 6.26. The molecule has 1 aromatic heterocycles. The van der Waals surface area contributed by atoms with Crippen molar-refractivity contribution >= 4 is 23.6 Å². The van der Waals surface area contributed by atoms with E-state index in [0.29, 0.717) is 17.9 Å². The molecule has 2 saturated heterocycles. The molecule has 0 spiro atoms. The molecule has 1 aromatic rings. The molecule has 52 heavy (non-hydrogen) atoms. The Hall–Kier alpha value is -4.98. The van der Waals surface area contributed by atoms with E-state index < -0.39 is 24.3 Å². The second-order valence-corrected chi connectivity index (χ2v) is 15.4. The number of fused-ring (bicyclic) bond motifs is 6. The number of allylic oxidation sites excluding steroid dienone is 9. The number of aliphatic imine (C=N–C) groups is 1. The average molecular weight is 717 g/mol. The molecule has 0 radical (unpaired) electrons. The second-order valence-electron chi connectivity index (χ2n) is 15.4. The summed E-state index contributed by atoms with van der Waals surface area (Å²) >= 11 is 0. The monoisotopic (exact) mass is 716 g/mol. The second kappa shape index (κ2) is 12.9. The van der Waals surface area contributed by atoms with Gasteiger partial charge < -0.3 is 29.6 Å². The minimum atomic E-state index is -2.90. The van der Waals surface area contributed by atoms with Crippen molar-refractivity contribution in [3.05, 3.63) is 94.7 Å². The van der Waals surface area contributed by atoms with Crippen LogP contribution in [0.4, 0.5) is 18.4 Å². The SMILES string of the molecule is C[C@H]1CC[C@@H](C2=NC3=CC=C4C=C5C(=CC4C3N2)OC=C2C=C(c3cnc([C@@H]4C[C@H](COC(F)F)CN4C(=O)O)[nH]3)C=CC25)N1C(=O)OC(C)(C)C. The topological polar surface area (TPSA) is 142 Å². The van der Waals surface area contributed by atoms with Crippen molar-refractivity contribution < 1.29 is 37.7 Å². The van der Waals surface area contributed by atoms with E-state index in [4.69, 9.17) is 14.5 Å². The number of carboxylic acid groups (broad SMARTS) is 1. The average Bonchev–Trinajstić information content (AvgIpc) is 3.90. The van der Waals surface area contributed by atoms with Crippen molar-refractivity contribution in [1.29, 1.82) is 0 Å². The number of hydrogen-bond acceptors (Lipinski definition) is 8. The molecular weight excluding hydrogens is 674 g/mol. The zero-order valence-electron chi connectivity index (χ0n) is 29.4. The first-order valence-electron chi connectivity index (χ1n) is 17.8. The van der Waals surface area contributed by atoms with Gasteiger partial charge in [0.05, 0.1) is 48.6 Å². The van der Waals surface area contributed by atoms with Crippen LogP contribution in [-0.2, 0) is 14.2 Å². The number of nitrogens with one attached hydrogen (secondary N) is 2. The predicted molar refractivity (Wildman–Crippen MR) is 187 cm³/mol. The van der Waals surface area contributed by atoms with Gasteiger partial charge in [-0.3, -0.25) is 9.80 Å². The smallest absolute Gasteiger partial charge is 0.411 e. The summed E-state index contributed by atoms with van der Waals surface area (Å²) in [5.74, 6) is 1.64. The van der Waals surface area contributed by atoms with E-state index in [0.717, 1.165) is 52.4 Å². The van der Waals surface area contributed by atoms with E-state index in [1.54, 1.807) is 12.5 Å². The van der Waals surface area contributed by atoms with Gasteiger partial charge >= 0.3 is 18.8 Å². The Balaban J connectivity index is 0.971. The summed E-state index contributed by atoms with van der Waals surface area (Å²) in [7, 11) is 0. The quantitative estimate of drug-likeness (QED) is 0.299. The maximum Gasteiger partial charge on any atom is 0.411 e. The number of aromatic amines is 1. The summed E-state index contributed by atoms with van der Waals surface area (Å²) in [5.41, 5.74) is 5.06. The van der Waals surface area contributed by atoms with Crippen molar-refractivity contribution in [3.63, 3.8) is 0 Å². The standard InChI is InChI=1S/C38H42F2N6O6/c1-19-5-10-29(46(19)37(49)52-38(2,3)4)34-42-27-9-7-21-13-26-24-8-6-22(12-23(24)18-50-31(26)14-25(21)32(27)44-34)28-15-41-33(43-28)30-11-20(17-51-35(39)40)16-45(30)36(47)48/h6-9,12-15,18-20,24-25,29-30,32,35H,5,10-11,16-17H2,1-4H3,(H,41,43)(H,42,44)(H,47,48)/t19-,20-,24?,25?,29-,30-,32?/m0/s1. The Morgan fingerprint density at radius 1 is 1.15 bits per heavy atom. The number of likely N-dealkylation sites (tertiary alicyclic amines) is 2. The summed E-state index contributed by atoms with van der Waals surface area (Å²) in [6, 6.07) is -0.815. The van der Waals surface area contributed by atoms with Gasteiger partial charge in [0.2, 0.25) is 0 Å². The lowest BCUT2D eigenvalue weighted by Gasteiger charge is -2.36. The highest BCUT2D eigenvalue weighted by atomic mass is 19.3. The van der Waals surface area contributed by atoms with E-state index in [1.807, 2.05) is 37.8 Å². The van der Waals surface area contributed by atoms with Gasteiger partial charge in [-0.15, -0.1) is 0 Å². The van der Waals surface area contributed by atoms with Gasteiger partial charge in [-0.1, -0.05) is 24.3 Å². The Morgan fingerprint density at radius 2 is 1.98 bits per heavy atom. The highest BCUT2D eigenvalue weighted by Gasteiger charge is 2.45. The van der Waals surface area contributed by atoms with Crippen LogP contribution in [0.15, 0.2) is 88.2 Å². The Morgan fingerprint density at radius 3 is 2.75 bits per heavy atom. The molecule has 3 unspecified atom stereocenters. The Labute approximate surface area is 300 Å². The molecule has 3 aliphatic carbocycles. The highest BCUT2D eigenvalue weighted by molar-refractivity contribution is 5.94. The number of amides is 2. The summed E-state index contributed by atoms with van der Waals surface area (Å²) in [6.45, 7) is 4.64. The number of hydrogen-bond donors (Lipinski definition) is 3. The summed E-state index contributed by atoms with van der Waals surface area (Å²) < 4.78 is 41.7. The van der Waals surface area contributed by atoms with Crippen LogP contribution in [0.2, 0.25) is 0 Å². The van der Waals surface area contributed by atoms with Gasteiger partial charge in [-0.25, -0.2) is 19.6 Å². The van der Waals surface area contributed by atoms with Gasteiger partial charge in [0.1, 0.15) is 23.0 Å². The Kier molecular flexibility index (Phi) is 8.47. The minimum Gasteiger partial charge on any atom is -0.465 e. The zero-order valence-corrected chi connectivity index (χ0v) is 29.4. The number of alkyl halides is 2. The summed E-state index contributed by atoms with van der Waals surface area (Å²) in [5, 5.41) is 13.4. The molecule has 2 amide bonds. The van der Waals surface area contributed by atoms with Crippen LogP contribution in [0.5, 0.6) is 0 Å². The van der Waals surface area contributed by atoms with E-state index in [1.165, 1.54) is 4.90 Å². The number of aromatic nitrogens is 2. The number of carbonyl (C=O) groups is 2. The van der Waals surface area contributed by atoms with Crippen molar-refractivity contribution in [2.75, 3.05) is 13.2 Å². The minimum absolute atomic E-state index is 0.00618. The van der Waals surface area contributed by atoms with Crippen LogP contribution in [0, 0.1) is 17.8 Å². The number of imidazole rings is 1. The third-order valence-electron chi connectivity index (χ3n) is 10.7. The number of halogens is 2. The van der Waals surface area contributed by atoms with Gasteiger partial charge in [-0.05, 0) is 81.9 Å². The number of amidine groups is 1. The molecule has 7 atom stereocenters. The number of ether oxygens (including phenoxy) is 3. The lowest BCUT2D eigenvalue weighted by molar-refractivity contribution is -0.137. The summed E-state index contributed by atoms with van der Waals surface area (Å²) in [6.07, 6.45) is 18.7. The molecule has 0 bridgehead atoms. The van der Waals surface area contributed by atoms with E-state index in [2.05, 4.69) is 57.3 Å². The molecule has 0 saturated carbocycles. The summed E-state index contributed by atoms with van der Waals surface area (Å²) in [4.78, 5) is 40.9. The van der Waals surface area contributed by atoms with Gasteiger partial charge in [-0.2, -0.15) is 8.78 Å². The number of nitrogens with zero attached hydrogens (tertiary/aromatic N) is 4. The van der Waals surface area contributed by atoms with Crippen molar-refractivity contribution in [2.45, 2.75) is 83.3 Å². The Bertz CT molecular complexity index is 1930. The van der Waals surface area contributed by atoms with E-state index >= 15 is 0 Å². The molecule has 4 aliphatic heterocycles. The first-order chi connectivity index (χ1) is 24.8. The van der Waals surface area contributed by atoms with Crippen molar-refractivity contribution in [3.8, 4) is 0 Å². The first kappa shape index (κ1) is 34.1. The molecule has 7 aliphatic rings. The van der Waals surface area contributed by atoms with Crippen LogP contribution in [0.3, 0.4) is 0 Å². The van der Waals surface area contributed by atoms with Gasteiger partial charge in [0.15, 0.2) is 0 Å². The molecule has 274 valence electrons.